The van der Waals surface area contributed by atoms with Gasteiger partial charge in [-0.15, -0.1) is 0 Å². The Morgan fingerprint density at radius 3 is 2.25 bits per heavy atom. The van der Waals surface area contributed by atoms with Crippen molar-refractivity contribution in [3.05, 3.63) is 0 Å². The van der Waals surface area contributed by atoms with Crippen LogP contribution in [0.2, 0.25) is 0 Å². The van der Waals surface area contributed by atoms with Gasteiger partial charge in [0, 0.05) is 14.0 Å². The number of nitrogens with zero attached hydrogens (tertiary/aromatic N) is 1. The van der Waals surface area contributed by atoms with Gasteiger partial charge in [-0.2, -0.15) is 0 Å². The Morgan fingerprint density at radius 1 is 1.20 bits per heavy atom. The summed E-state index contributed by atoms with van der Waals surface area (Å²) >= 11 is 0. The summed E-state index contributed by atoms with van der Waals surface area (Å²) in [5.41, 5.74) is 0. The second-order valence-corrected chi connectivity index (χ2v) is 4.97. The van der Waals surface area contributed by atoms with E-state index >= 15 is 0 Å². The Morgan fingerprint density at radius 2 is 1.80 bits per heavy atom. The molecule has 0 aliphatic rings. The van der Waals surface area contributed by atoms with E-state index in [1.165, 1.54) is 18.9 Å². The van der Waals surface area contributed by atoms with Crippen LogP contribution in [0.5, 0.6) is 0 Å². The van der Waals surface area contributed by atoms with Gasteiger partial charge in [0.15, 0.2) is 0 Å². The number of rotatable bonds is 8. The van der Waals surface area contributed by atoms with Crippen LogP contribution in [0.25, 0.3) is 0 Å². The number of hydrogen-bond acceptors (Lipinski definition) is 4. The van der Waals surface area contributed by atoms with Crippen LogP contribution in [-0.4, -0.2) is 55.1 Å². The van der Waals surface area contributed by atoms with E-state index < -0.39 is 6.04 Å². The number of aldehydes is 1. The van der Waals surface area contributed by atoms with Gasteiger partial charge in [-0.25, -0.2) is 0 Å². The first kappa shape index (κ1) is 18.1. The predicted molar refractivity (Wildman–Crippen MR) is 73.8 cm³/mol. The van der Waals surface area contributed by atoms with Crippen molar-refractivity contribution in [1.82, 2.24) is 15.5 Å². The zero-order valence-electron chi connectivity index (χ0n) is 12.4. The maximum atomic E-state index is 12.0. The quantitative estimate of drug-likeness (QED) is 0.577. The molecule has 1 atom stereocenters. The van der Waals surface area contributed by atoms with Crippen molar-refractivity contribution in [2.24, 2.45) is 5.92 Å². The van der Waals surface area contributed by atoms with E-state index in [1.54, 1.807) is 0 Å². The smallest absolute Gasteiger partial charge is 0.243 e. The number of amides is 3. The van der Waals surface area contributed by atoms with E-state index in [0.29, 0.717) is 12.7 Å². The molecule has 0 heterocycles. The Bertz CT molecular complexity index is 369. The van der Waals surface area contributed by atoms with Gasteiger partial charge in [-0.05, 0) is 12.3 Å². The Labute approximate surface area is 119 Å². The lowest BCUT2D eigenvalue weighted by Gasteiger charge is -2.28. The third-order valence-electron chi connectivity index (χ3n) is 2.71. The molecule has 20 heavy (non-hydrogen) atoms. The van der Waals surface area contributed by atoms with Crippen molar-refractivity contribution < 1.29 is 19.2 Å². The molecule has 2 N–H and O–H groups in total. The van der Waals surface area contributed by atoms with Crippen molar-refractivity contribution in [1.29, 1.82) is 0 Å². The summed E-state index contributed by atoms with van der Waals surface area (Å²) in [6.07, 6.45) is 1.07. The highest BCUT2D eigenvalue weighted by Crippen LogP contribution is 2.10. The van der Waals surface area contributed by atoms with E-state index in [1.807, 2.05) is 13.8 Å². The summed E-state index contributed by atoms with van der Waals surface area (Å²) < 4.78 is 0. The molecule has 7 heteroatoms. The molecule has 0 fully saturated rings. The van der Waals surface area contributed by atoms with Crippen molar-refractivity contribution in [2.45, 2.75) is 33.2 Å². The molecular formula is C13H23N3O4. The van der Waals surface area contributed by atoms with Gasteiger partial charge in [-0.1, -0.05) is 13.8 Å². The largest absolute Gasteiger partial charge is 0.348 e. The lowest BCUT2D eigenvalue weighted by molar-refractivity contribution is -0.139. The van der Waals surface area contributed by atoms with Crippen LogP contribution >= 0.6 is 0 Å². The lowest BCUT2D eigenvalue weighted by atomic mass is 10.0. The minimum atomic E-state index is -0.656. The maximum absolute atomic E-state index is 12.0. The van der Waals surface area contributed by atoms with Gasteiger partial charge >= 0.3 is 0 Å². The highest BCUT2D eigenvalue weighted by molar-refractivity contribution is 5.90. The van der Waals surface area contributed by atoms with E-state index in [-0.39, 0.29) is 36.7 Å². The molecule has 0 aromatic rings. The van der Waals surface area contributed by atoms with Crippen LogP contribution in [0.15, 0.2) is 0 Å². The maximum Gasteiger partial charge on any atom is 0.243 e. The summed E-state index contributed by atoms with van der Waals surface area (Å²) in [5.74, 6) is -0.827. The summed E-state index contributed by atoms with van der Waals surface area (Å²) in [6, 6.07) is -0.656. The molecule has 0 aliphatic heterocycles. The third-order valence-corrected chi connectivity index (χ3v) is 2.71. The molecule has 114 valence electrons. The highest BCUT2D eigenvalue weighted by atomic mass is 16.2. The Kier molecular flexibility index (Phi) is 8.19. The van der Waals surface area contributed by atoms with E-state index in [2.05, 4.69) is 10.6 Å². The fourth-order valence-electron chi connectivity index (χ4n) is 1.65. The summed E-state index contributed by atoms with van der Waals surface area (Å²) in [6.45, 7) is 4.95. The number of hydrogen-bond donors (Lipinski definition) is 2. The summed E-state index contributed by atoms with van der Waals surface area (Å²) in [5, 5.41) is 4.85. The van der Waals surface area contributed by atoms with Crippen LogP contribution in [0, 0.1) is 5.92 Å². The van der Waals surface area contributed by atoms with Crippen LogP contribution in [0.1, 0.15) is 27.2 Å². The lowest BCUT2D eigenvalue weighted by Crippen LogP contribution is -2.51. The monoisotopic (exact) mass is 285 g/mol. The average Bonchev–Trinajstić information content (AvgIpc) is 2.38. The molecule has 0 aliphatic carbocycles. The molecule has 0 spiro atoms. The second-order valence-electron chi connectivity index (χ2n) is 4.97. The minimum absolute atomic E-state index is 0.0822. The van der Waals surface area contributed by atoms with E-state index in [0.717, 1.165) is 0 Å². The molecule has 1 unspecified atom stereocenters. The van der Waals surface area contributed by atoms with Gasteiger partial charge in [0.05, 0.1) is 13.1 Å². The van der Waals surface area contributed by atoms with Gasteiger partial charge in [0.25, 0.3) is 0 Å². The minimum Gasteiger partial charge on any atom is -0.348 e. The Balaban J connectivity index is 4.73. The molecule has 0 bridgehead atoms. The topological polar surface area (TPSA) is 95.6 Å². The van der Waals surface area contributed by atoms with Crippen LogP contribution in [0.4, 0.5) is 0 Å². The second kappa shape index (κ2) is 9.06. The zero-order chi connectivity index (χ0) is 15.7. The van der Waals surface area contributed by atoms with Crippen molar-refractivity contribution in [2.75, 3.05) is 20.1 Å². The number of carbonyl (C=O) groups excluding carboxylic acids is 4. The standard InChI is InChI=1S/C13H23N3O4/c1-9(2)7-11(13(20)14-5-6-17)16(4)12(19)8-15-10(3)18/h6,9,11H,5,7-8H2,1-4H3,(H,14,20)(H,15,18). The molecule has 3 amide bonds. The molecule has 0 aromatic heterocycles. The molecular weight excluding hydrogens is 262 g/mol. The number of likely N-dealkylation sites (N-methyl/N-ethyl adjacent to an activating group) is 1. The third kappa shape index (κ3) is 6.86. The molecule has 0 aromatic carbocycles. The molecule has 0 rings (SSSR count). The summed E-state index contributed by atoms with van der Waals surface area (Å²) in [7, 11) is 1.51. The molecule has 0 saturated carbocycles. The highest BCUT2D eigenvalue weighted by Gasteiger charge is 2.27. The first-order valence-corrected chi connectivity index (χ1v) is 6.51. The fraction of sp³-hybridized carbons (Fsp3) is 0.692. The van der Waals surface area contributed by atoms with Gasteiger partial charge < -0.3 is 20.3 Å². The fourth-order valence-corrected chi connectivity index (χ4v) is 1.65. The van der Waals surface area contributed by atoms with Crippen molar-refractivity contribution in [3.63, 3.8) is 0 Å². The van der Waals surface area contributed by atoms with Crippen LogP contribution in [0.3, 0.4) is 0 Å². The van der Waals surface area contributed by atoms with Crippen LogP contribution in [-0.2, 0) is 19.2 Å². The average molecular weight is 285 g/mol. The van der Waals surface area contributed by atoms with Gasteiger partial charge in [-0.3, -0.25) is 14.4 Å². The van der Waals surface area contributed by atoms with Gasteiger partial charge in [0.1, 0.15) is 12.3 Å². The molecule has 7 nitrogen and oxygen atoms in total. The summed E-state index contributed by atoms with van der Waals surface area (Å²) in [4.78, 5) is 46.3. The van der Waals surface area contributed by atoms with E-state index in [4.69, 9.17) is 0 Å². The zero-order valence-corrected chi connectivity index (χ0v) is 12.4. The first-order valence-electron chi connectivity index (χ1n) is 6.51. The number of nitrogens with one attached hydrogen (secondary N) is 2. The SMILES string of the molecule is CC(=O)NCC(=O)N(C)C(CC(C)C)C(=O)NCC=O. The molecule has 0 radical (unpaired) electrons. The number of carbonyl (C=O) groups is 4. The van der Waals surface area contributed by atoms with Crippen molar-refractivity contribution in [3.8, 4) is 0 Å². The Hall–Kier alpha value is -1.92. The normalized spacial score (nSPS) is 11.7. The van der Waals surface area contributed by atoms with Gasteiger partial charge in [0.2, 0.25) is 17.7 Å². The first-order chi connectivity index (χ1) is 9.29. The van der Waals surface area contributed by atoms with Crippen LogP contribution < -0.4 is 10.6 Å². The molecule has 0 saturated heterocycles. The van der Waals surface area contributed by atoms with Crippen molar-refractivity contribution >= 4 is 24.0 Å². The predicted octanol–water partition coefficient (Wildman–Crippen LogP) is -0.689. The van der Waals surface area contributed by atoms with E-state index in [9.17, 15) is 19.2 Å².